The van der Waals surface area contributed by atoms with Gasteiger partial charge in [-0.1, -0.05) is 0 Å². The molecule has 0 aromatic heterocycles. The third-order valence-electron chi connectivity index (χ3n) is 2.95. The average Bonchev–Trinajstić information content (AvgIpc) is 2.18. The molecular weight excluding hydrogens is 248 g/mol. The fourth-order valence-electron chi connectivity index (χ4n) is 2.28. The van der Waals surface area contributed by atoms with Crippen LogP contribution < -0.4 is 4.74 Å². The Kier molecular flexibility index (Phi) is 4.91. The highest BCUT2D eigenvalue weighted by atomic mass is 16.5. The van der Waals surface area contributed by atoms with Gasteiger partial charge in [-0.2, -0.15) is 0 Å². The molecule has 0 aliphatic heterocycles. The summed E-state index contributed by atoms with van der Waals surface area (Å²) >= 11 is 0. The van der Waals surface area contributed by atoms with Crippen LogP contribution in [0, 0.1) is 13.8 Å². The molecule has 20 heavy (non-hydrogen) atoms. The lowest BCUT2D eigenvalue weighted by molar-refractivity contribution is -0.0532. The van der Waals surface area contributed by atoms with E-state index in [9.17, 15) is 0 Å². The molecule has 0 N–H and O–H groups in total. The summed E-state index contributed by atoms with van der Waals surface area (Å²) in [5, 5.41) is 0. The molecule has 1 unspecified atom stereocenters. The zero-order valence-electron chi connectivity index (χ0n) is 14.5. The zero-order valence-corrected chi connectivity index (χ0v) is 14.5. The van der Waals surface area contributed by atoms with Gasteiger partial charge in [0.1, 0.15) is 11.4 Å². The van der Waals surface area contributed by atoms with E-state index >= 15 is 0 Å². The molecular formula is C18H30O2. The summed E-state index contributed by atoms with van der Waals surface area (Å²) < 4.78 is 12.1. The van der Waals surface area contributed by atoms with Crippen molar-refractivity contribution in [3.63, 3.8) is 0 Å². The number of benzene rings is 1. The van der Waals surface area contributed by atoms with Crippen LogP contribution in [0.25, 0.3) is 0 Å². The third-order valence-corrected chi connectivity index (χ3v) is 2.95. The highest BCUT2D eigenvalue weighted by molar-refractivity contribution is 5.42. The monoisotopic (exact) mass is 278 g/mol. The molecule has 2 heteroatoms. The molecule has 0 spiro atoms. The van der Waals surface area contributed by atoms with Crippen LogP contribution in [0.1, 0.15) is 71.3 Å². The minimum Gasteiger partial charge on any atom is -0.488 e. The van der Waals surface area contributed by atoms with Gasteiger partial charge < -0.3 is 9.47 Å². The quantitative estimate of drug-likeness (QED) is 0.741. The molecule has 0 radical (unpaired) electrons. The normalized spacial score (nSPS) is 14.2. The number of hydrogen-bond acceptors (Lipinski definition) is 2. The summed E-state index contributed by atoms with van der Waals surface area (Å²) in [7, 11) is 0. The van der Waals surface area contributed by atoms with E-state index in [-0.39, 0.29) is 17.3 Å². The van der Waals surface area contributed by atoms with Crippen LogP contribution in [0.2, 0.25) is 0 Å². The van der Waals surface area contributed by atoms with Crippen molar-refractivity contribution in [3.05, 3.63) is 28.8 Å². The van der Waals surface area contributed by atoms with Crippen molar-refractivity contribution in [1.29, 1.82) is 0 Å². The molecule has 0 aliphatic rings. The third kappa shape index (κ3) is 5.16. The van der Waals surface area contributed by atoms with Gasteiger partial charge in [0.15, 0.2) is 0 Å². The Morgan fingerprint density at radius 3 is 1.85 bits per heavy atom. The Morgan fingerprint density at radius 2 is 1.40 bits per heavy atom. The van der Waals surface area contributed by atoms with Crippen LogP contribution in [0.15, 0.2) is 12.1 Å². The Bertz CT molecular complexity index is 462. The van der Waals surface area contributed by atoms with Crippen molar-refractivity contribution in [2.24, 2.45) is 0 Å². The SMILES string of the molecule is Cc1cc(C(C)OC(C)(C)C)c(C)cc1OC(C)(C)C. The van der Waals surface area contributed by atoms with Crippen molar-refractivity contribution >= 4 is 0 Å². The summed E-state index contributed by atoms with van der Waals surface area (Å²) in [6.07, 6.45) is 0.0809. The molecule has 1 aromatic carbocycles. The topological polar surface area (TPSA) is 18.5 Å². The van der Waals surface area contributed by atoms with Crippen molar-refractivity contribution in [3.8, 4) is 5.75 Å². The molecule has 0 saturated carbocycles. The van der Waals surface area contributed by atoms with Crippen molar-refractivity contribution in [2.45, 2.75) is 79.6 Å². The average molecular weight is 278 g/mol. The molecule has 2 nitrogen and oxygen atoms in total. The second-order valence-corrected chi connectivity index (χ2v) is 7.56. The van der Waals surface area contributed by atoms with Crippen LogP contribution in [0.3, 0.4) is 0 Å². The van der Waals surface area contributed by atoms with Gasteiger partial charge in [-0.3, -0.25) is 0 Å². The standard InChI is InChI=1S/C18H30O2/c1-12-11-16(20-18(7,8)9)13(2)10-15(12)14(3)19-17(4,5)6/h10-11,14H,1-9H3. The second-order valence-electron chi connectivity index (χ2n) is 7.56. The molecule has 0 saturated heterocycles. The van der Waals surface area contributed by atoms with E-state index in [1.807, 2.05) is 0 Å². The Hall–Kier alpha value is -1.02. The predicted octanol–water partition coefficient (Wildman–Crippen LogP) is 5.36. The molecule has 0 bridgehead atoms. The first-order valence-electron chi connectivity index (χ1n) is 7.37. The first kappa shape index (κ1) is 17.0. The van der Waals surface area contributed by atoms with Crippen LogP contribution in [-0.4, -0.2) is 11.2 Å². The molecule has 114 valence electrons. The van der Waals surface area contributed by atoms with E-state index in [0.29, 0.717) is 0 Å². The van der Waals surface area contributed by atoms with E-state index < -0.39 is 0 Å². The van der Waals surface area contributed by atoms with Gasteiger partial charge in [-0.25, -0.2) is 0 Å². The lowest BCUT2D eigenvalue weighted by Crippen LogP contribution is -2.24. The summed E-state index contributed by atoms with van der Waals surface area (Å²) in [6.45, 7) is 18.8. The fraction of sp³-hybridized carbons (Fsp3) is 0.667. The van der Waals surface area contributed by atoms with Gasteiger partial charge >= 0.3 is 0 Å². The van der Waals surface area contributed by atoms with Gasteiger partial charge in [0.25, 0.3) is 0 Å². The maximum Gasteiger partial charge on any atom is 0.123 e. The molecule has 0 heterocycles. The van der Waals surface area contributed by atoms with Gasteiger partial charge in [-0.15, -0.1) is 0 Å². The van der Waals surface area contributed by atoms with E-state index in [1.165, 1.54) is 11.1 Å². The smallest absolute Gasteiger partial charge is 0.123 e. The first-order chi connectivity index (χ1) is 8.89. The Labute approximate surface area is 124 Å². The summed E-state index contributed by atoms with van der Waals surface area (Å²) in [4.78, 5) is 0. The minimum absolute atomic E-state index is 0.0809. The number of rotatable bonds is 3. The molecule has 1 aromatic rings. The van der Waals surface area contributed by atoms with Crippen LogP contribution in [0.4, 0.5) is 0 Å². The molecule has 0 amide bonds. The van der Waals surface area contributed by atoms with Gasteiger partial charge in [0.05, 0.1) is 11.7 Å². The number of aryl methyl sites for hydroxylation is 2. The van der Waals surface area contributed by atoms with E-state index in [1.54, 1.807) is 0 Å². The minimum atomic E-state index is -0.174. The lowest BCUT2D eigenvalue weighted by Gasteiger charge is -2.28. The molecule has 1 rings (SSSR count). The van der Waals surface area contributed by atoms with E-state index in [2.05, 4.69) is 74.4 Å². The zero-order chi connectivity index (χ0) is 15.7. The van der Waals surface area contributed by atoms with E-state index in [0.717, 1.165) is 11.3 Å². The predicted molar refractivity (Wildman–Crippen MR) is 85.6 cm³/mol. The van der Waals surface area contributed by atoms with Gasteiger partial charge in [0, 0.05) is 0 Å². The van der Waals surface area contributed by atoms with Crippen LogP contribution in [0.5, 0.6) is 5.75 Å². The summed E-state index contributed by atoms with van der Waals surface area (Å²) in [5.41, 5.74) is 3.29. The number of ether oxygens (including phenoxy) is 2. The summed E-state index contributed by atoms with van der Waals surface area (Å²) in [6, 6.07) is 4.31. The maximum atomic E-state index is 6.06. The van der Waals surface area contributed by atoms with Gasteiger partial charge in [0.2, 0.25) is 0 Å². The first-order valence-corrected chi connectivity index (χ1v) is 7.37. The number of hydrogen-bond donors (Lipinski definition) is 0. The lowest BCUT2D eigenvalue weighted by atomic mass is 9.99. The largest absolute Gasteiger partial charge is 0.488 e. The van der Waals surface area contributed by atoms with E-state index in [4.69, 9.17) is 9.47 Å². The molecule has 1 atom stereocenters. The van der Waals surface area contributed by atoms with Crippen molar-refractivity contribution in [2.75, 3.05) is 0 Å². The Balaban J connectivity index is 3.05. The second kappa shape index (κ2) is 5.77. The van der Waals surface area contributed by atoms with Gasteiger partial charge in [-0.05, 0) is 91.1 Å². The Morgan fingerprint density at radius 1 is 0.850 bits per heavy atom. The molecule has 0 fully saturated rings. The van der Waals surface area contributed by atoms with Crippen LogP contribution in [-0.2, 0) is 4.74 Å². The molecule has 0 aliphatic carbocycles. The van der Waals surface area contributed by atoms with Crippen molar-refractivity contribution in [1.82, 2.24) is 0 Å². The highest BCUT2D eigenvalue weighted by Gasteiger charge is 2.20. The summed E-state index contributed by atoms with van der Waals surface area (Å²) in [5.74, 6) is 0.960. The highest BCUT2D eigenvalue weighted by Crippen LogP contribution is 2.32. The van der Waals surface area contributed by atoms with Crippen molar-refractivity contribution < 1.29 is 9.47 Å². The maximum absolute atomic E-state index is 6.06. The fourth-order valence-corrected chi connectivity index (χ4v) is 2.28. The van der Waals surface area contributed by atoms with Crippen LogP contribution >= 0.6 is 0 Å².